The molecular formula is C19H35N. The van der Waals surface area contributed by atoms with E-state index in [2.05, 4.69) is 44.7 Å². The highest BCUT2D eigenvalue weighted by Crippen LogP contribution is 2.01. The first-order chi connectivity index (χ1) is 9.74. The lowest BCUT2D eigenvalue weighted by molar-refractivity contribution is 0.261. The molecule has 0 aliphatic rings. The summed E-state index contributed by atoms with van der Waals surface area (Å²) >= 11 is 0. The van der Waals surface area contributed by atoms with Crippen LogP contribution in [0.3, 0.4) is 0 Å². The Kier molecular flexibility index (Phi) is 14.0. The summed E-state index contributed by atoms with van der Waals surface area (Å²) in [6, 6.07) is 10.3. The molecule has 1 aromatic rings. The van der Waals surface area contributed by atoms with E-state index >= 15 is 0 Å². The molecule has 0 atom stereocenters. The molecule has 0 heterocycles. The summed E-state index contributed by atoms with van der Waals surface area (Å²) < 4.78 is 0. The summed E-state index contributed by atoms with van der Waals surface area (Å²) in [5.74, 6) is 0. The molecule has 0 unspecified atom stereocenters. The van der Waals surface area contributed by atoms with Gasteiger partial charge in [-0.1, -0.05) is 75.9 Å². The molecule has 0 aliphatic carbocycles. The second-order valence-electron chi connectivity index (χ2n) is 5.56. The Morgan fingerprint density at radius 2 is 1.10 bits per heavy atom. The zero-order chi connectivity index (χ0) is 15.1. The molecule has 0 spiro atoms. The first kappa shape index (κ1) is 19.2. The van der Waals surface area contributed by atoms with Crippen LogP contribution in [0.4, 0.5) is 0 Å². The van der Waals surface area contributed by atoms with Gasteiger partial charge in [0, 0.05) is 0 Å². The number of hydrogen-bond acceptors (Lipinski definition) is 1. The molecule has 1 nitrogen and oxygen atoms in total. The smallest absolute Gasteiger partial charge is 0.00188 e. The average Bonchev–Trinajstić information content (AvgIpc) is 2.48. The maximum atomic E-state index is 2.64. The maximum Gasteiger partial charge on any atom is -0.00188 e. The van der Waals surface area contributed by atoms with Gasteiger partial charge in [0.05, 0.1) is 0 Å². The first-order valence-electron chi connectivity index (χ1n) is 8.48. The second-order valence-corrected chi connectivity index (χ2v) is 5.56. The van der Waals surface area contributed by atoms with Crippen molar-refractivity contribution < 1.29 is 0 Å². The first-order valence-corrected chi connectivity index (χ1v) is 8.48. The van der Waals surface area contributed by atoms with E-state index in [1.807, 2.05) is 18.2 Å². The van der Waals surface area contributed by atoms with Crippen LogP contribution in [0.5, 0.6) is 0 Å². The fraction of sp³-hybridized carbons (Fsp3) is 0.684. The third-order valence-electron chi connectivity index (χ3n) is 3.42. The number of aryl methyl sites for hydroxylation is 1. The molecule has 0 fully saturated rings. The van der Waals surface area contributed by atoms with E-state index < -0.39 is 0 Å². The van der Waals surface area contributed by atoms with Gasteiger partial charge in [0.1, 0.15) is 0 Å². The maximum absolute atomic E-state index is 2.64. The normalized spacial score (nSPS) is 10.2. The van der Waals surface area contributed by atoms with Crippen LogP contribution < -0.4 is 0 Å². The van der Waals surface area contributed by atoms with Gasteiger partial charge in [-0.3, -0.25) is 0 Å². The average molecular weight is 277 g/mol. The summed E-state index contributed by atoms with van der Waals surface area (Å²) in [4.78, 5) is 2.64. The van der Waals surface area contributed by atoms with Crippen molar-refractivity contribution in [2.45, 2.75) is 66.2 Å². The minimum atomic E-state index is 1.32. The Labute approximate surface area is 127 Å². The van der Waals surface area contributed by atoms with E-state index in [4.69, 9.17) is 0 Å². The van der Waals surface area contributed by atoms with Crippen molar-refractivity contribution in [2.24, 2.45) is 0 Å². The second kappa shape index (κ2) is 14.6. The highest BCUT2D eigenvalue weighted by Gasteiger charge is 2.01. The van der Waals surface area contributed by atoms with Gasteiger partial charge in [-0.15, -0.1) is 0 Å². The molecule has 0 radical (unpaired) electrons. The quantitative estimate of drug-likeness (QED) is 0.561. The van der Waals surface area contributed by atoms with Crippen LogP contribution >= 0.6 is 0 Å². The molecule has 1 aromatic carbocycles. The fourth-order valence-corrected chi connectivity index (χ4v) is 2.01. The molecule has 116 valence electrons. The van der Waals surface area contributed by atoms with E-state index in [1.54, 1.807) is 0 Å². The zero-order valence-corrected chi connectivity index (χ0v) is 14.2. The van der Waals surface area contributed by atoms with Crippen molar-refractivity contribution in [1.29, 1.82) is 0 Å². The van der Waals surface area contributed by atoms with E-state index in [-0.39, 0.29) is 0 Å². The molecule has 0 saturated heterocycles. The van der Waals surface area contributed by atoms with E-state index in [0.29, 0.717) is 0 Å². The van der Waals surface area contributed by atoms with E-state index in [1.165, 1.54) is 63.7 Å². The van der Waals surface area contributed by atoms with Crippen LogP contribution in [-0.4, -0.2) is 24.5 Å². The van der Waals surface area contributed by atoms with Gasteiger partial charge >= 0.3 is 0 Å². The van der Waals surface area contributed by atoms with Gasteiger partial charge in [-0.05, 0) is 45.8 Å². The summed E-state index contributed by atoms with van der Waals surface area (Å²) in [5, 5.41) is 0. The minimum absolute atomic E-state index is 1.32. The molecule has 0 saturated carbocycles. The Bertz CT molecular complexity index is 262. The van der Waals surface area contributed by atoms with Crippen LogP contribution in [0.1, 0.15) is 64.9 Å². The molecule has 0 bridgehead atoms. The highest BCUT2D eigenvalue weighted by atomic mass is 15.1. The molecule has 1 rings (SSSR count). The van der Waals surface area contributed by atoms with Crippen molar-refractivity contribution in [1.82, 2.24) is 4.90 Å². The molecule has 0 aliphatic heterocycles. The summed E-state index contributed by atoms with van der Waals surface area (Å²) in [5.41, 5.74) is 1.32. The molecular weight excluding hydrogens is 242 g/mol. The van der Waals surface area contributed by atoms with Crippen LogP contribution in [0.2, 0.25) is 0 Å². The molecule has 20 heavy (non-hydrogen) atoms. The lowest BCUT2D eigenvalue weighted by atomic mass is 10.2. The number of rotatable bonds is 9. The van der Waals surface area contributed by atoms with Crippen molar-refractivity contribution in [3.8, 4) is 0 Å². The summed E-state index contributed by atoms with van der Waals surface area (Å²) in [6.45, 7) is 12.9. The minimum Gasteiger partial charge on any atom is -0.303 e. The van der Waals surface area contributed by atoms with Crippen molar-refractivity contribution >= 4 is 0 Å². The topological polar surface area (TPSA) is 3.24 Å². The van der Waals surface area contributed by atoms with E-state index in [0.717, 1.165) is 0 Å². The monoisotopic (exact) mass is 277 g/mol. The fourth-order valence-electron chi connectivity index (χ4n) is 2.01. The number of benzene rings is 1. The van der Waals surface area contributed by atoms with Crippen LogP contribution in [0.25, 0.3) is 0 Å². The molecule has 1 heteroatoms. The highest BCUT2D eigenvalue weighted by molar-refractivity contribution is 5.11. The Morgan fingerprint density at radius 3 is 1.35 bits per heavy atom. The van der Waals surface area contributed by atoms with Gasteiger partial charge in [0.15, 0.2) is 0 Å². The third kappa shape index (κ3) is 12.2. The van der Waals surface area contributed by atoms with Gasteiger partial charge in [-0.2, -0.15) is 0 Å². The Balaban J connectivity index is 0.000000428. The standard InChI is InChI=1S/C12H27N.C7H8/c1-4-7-10-13(11-8-5-2)12-9-6-3;1-7-5-3-2-4-6-7/h4-12H2,1-3H3;2-6H,1H3. The number of nitrogens with zero attached hydrogens (tertiary/aromatic N) is 1. The van der Waals surface area contributed by atoms with Crippen LogP contribution in [0, 0.1) is 6.92 Å². The molecule has 0 N–H and O–H groups in total. The van der Waals surface area contributed by atoms with Gasteiger partial charge < -0.3 is 4.90 Å². The SMILES string of the molecule is CCCCN(CCCC)CCCC.Cc1ccccc1. The lowest BCUT2D eigenvalue weighted by Gasteiger charge is -2.21. The van der Waals surface area contributed by atoms with Crippen molar-refractivity contribution in [3.05, 3.63) is 35.9 Å². The number of unbranched alkanes of at least 4 members (excludes halogenated alkanes) is 3. The van der Waals surface area contributed by atoms with Gasteiger partial charge in [0.2, 0.25) is 0 Å². The molecule has 0 amide bonds. The van der Waals surface area contributed by atoms with Crippen LogP contribution in [-0.2, 0) is 0 Å². The zero-order valence-electron chi connectivity index (χ0n) is 14.2. The summed E-state index contributed by atoms with van der Waals surface area (Å²) in [6.07, 6.45) is 8.09. The third-order valence-corrected chi connectivity index (χ3v) is 3.42. The van der Waals surface area contributed by atoms with Crippen molar-refractivity contribution in [3.63, 3.8) is 0 Å². The van der Waals surface area contributed by atoms with Crippen molar-refractivity contribution in [2.75, 3.05) is 19.6 Å². The van der Waals surface area contributed by atoms with E-state index in [9.17, 15) is 0 Å². The predicted molar refractivity (Wildman–Crippen MR) is 92.3 cm³/mol. The Hall–Kier alpha value is -0.820. The van der Waals surface area contributed by atoms with Crippen LogP contribution in [0.15, 0.2) is 30.3 Å². The van der Waals surface area contributed by atoms with Gasteiger partial charge in [-0.25, -0.2) is 0 Å². The Morgan fingerprint density at radius 1 is 0.700 bits per heavy atom. The van der Waals surface area contributed by atoms with Gasteiger partial charge in [0.25, 0.3) is 0 Å². The predicted octanol–water partition coefficient (Wildman–Crippen LogP) is 5.68. The summed E-state index contributed by atoms with van der Waals surface area (Å²) in [7, 11) is 0. The lowest BCUT2D eigenvalue weighted by Crippen LogP contribution is -2.27. The largest absolute Gasteiger partial charge is 0.303 e. The number of hydrogen-bond donors (Lipinski definition) is 0. The molecule has 0 aromatic heterocycles.